The van der Waals surface area contributed by atoms with Crippen molar-refractivity contribution >= 4 is 21.2 Å². The first-order valence-electron chi connectivity index (χ1n) is 6.55. The molecule has 0 bridgehead atoms. The van der Waals surface area contributed by atoms with E-state index >= 15 is 0 Å². The van der Waals surface area contributed by atoms with E-state index in [-0.39, 0.29) is 11.0 Å². The van der Waals surface area contributed by atoms with Crippen LogP contribution in [0.2, 0.25) is 0 Å². The number of hydrogen-bond acceptors (Lipinski definition) is 4. The summed E-state index contributed by atoms with van der Waals surface area (Å²) in [7, 11) is -2.87. The van der Waals surface area contributed by atoms with Crippen molar-refractivity contribution in [2.75, 3.05) is 12.3 Å². The van der Waals surface area contributed by atoms with Gasteiger partial charge in [-0.3, -0.25) is 0 Å². The summed E-state index contributed by atoms with van der Waals surface area (Å²) in [5.41, 5.74) is 1.28. The van der Waals surface area contributed by atoms with Crippen molar-refractivity contribution < 1.29 is 8.42 Å². The average Bonchev–Trinajstić information content (AvgIpc) is 2.96. The van der Waals surface area contributed by atoms with E-state index in [1.165, 1.54) is 10.4 Å². The van der Waals surface area contributed by atoms with Crippen LogP contribution in [0.4, 0.5) is 0 Å². The summed E-state index contributed by atoms with van der Waals surface area (Å²) in [6, 6.07) is 2.09. The number of thiophene rings is 1. The van der Waals surface area contributed by atoms with Gasteiger partial charge in [0.15, 0.2) is 9.84 Å². The molecule has 3 nitrogen and oxygen atoms in total. The van der Waals surface area contributed by atoms with Crippen molar-refractivity contribution in [2.24, 2.45) is 0 Å². The second-order valence-electron chi connectivity index (χ2n) is 4.98. The Hall–Kier alpha value is -0.390. The van der Waals surface area contributed by atoms with Gasteiger partial charge in [0.25, 0.3) is 0 Å². The maximum absolute atomic E-state index is 12.0. The van der Waals surface area contributed by atoms with Gasteiger partial charge >= 0.3 is 0 Å². The van der Waals surface area contributed by atoms with Gasteiger partial charge in [-0.25, -0.2) is 8.42 Å². The third kappa shape index (κ3) is 3.56. The Bertz CT molecular complexity index is 473. The van der Waals surface area contributed by atoms with Gasteiger partial charge in [0.1, 0.15) is 0 Å². The van der Waals surface area contributed by atoms with Gasteiger partial charge in [-0.05, 0) is 36.8 Å². The molecule has 0 aliphatic heterocycles. The molecule has 1 N–H and O–H groups in total. The van der Waals surface area contributed by atoms with Crippen LogP contribution < -0.4 is 5.32 Å². The third-order valence-electron chi connectivity index (χ3n) is 3.63. The highest BCUT2D eigenvalue weighted by molar-refractivity contribution is 7.92. The third-order valence-corrected chi connectivity index (χ3v) is 6.91. The largest absolute Gasteiger partial charge is 0.311 e. The van der Waals surface area contributed by atoms with Crippen LogP contribution in [-0.2, 0) is 16.4 Å². The Morgan fingerprint density at radius 1 is 1.39 bits per heavy atom. The lowest BCUT2D eigenvalue weighted by Crippen LogP contribution is -2.28. The summed E-state index contributed by atoms with van der Waals surface area (Å²) in [6.07, 6.45) is 3.89. The fraction of sp³-hybridized carbons (Fsp3) is 0.692. The van der Waals surface area contributed by atoms with Gasteiger partial charge < -0.3 is 5.32 Å². The maximum atomic E-state index is 12.0. The maximum Gasteiger partial charge on any atom is 0.154 e. The van der Waals surface area contributed by atoms with Crippen molar-refractivity contribution in [1.82, 2.24) is 5.32 Å². The van der Waals surface area contributed by atoms with Gasteiger partial charge in [-0.1, -0.05) is 12.8 Å². The molecular weight excluding hydrogens is 266 g/mol. The first-order chi connectivity index (χ1) is 8.59. The SMILES string of the molecule is Cc1ccsc1CNCCS(=O)(=O)C1CCCC1. The van der Waals surface area contributed by atoms with Crippen molar-refractivity contribution in [2.45, 2.75) is 44.4 Å². The smallest absolute Gasteiger partial charge is 0.154 e. The van der Waals surface area contributed by atoms with Crippen molar-refractivity contribution in [3.8, 4) is 0 Å². The minimum absolute atomic E-state index is 0.0669. The van der Waals surface area contributed by atoms with Gasteiger partial charge in [0.05, 0.1) is 11.0 Å². The molecule has 5 heteroatoms. The van der Waals surface area contributed by atoms with Gasteiger partial charge in [0.2, 0.25) is 0 Å². The summed E-state index contributed by atoms with van der Waals surface area (Å²) in [4.78, 5) is 1.30. The molecule has 0 spiro atoms. The Labute approximate surface area is 114 Å². The minimum Gasteiger partial charge on any atom is -0.311 e. The van der Waals surface area contributed by atoms with E-state index in [4.69, 9.17) is 0 Å². The summed E-state index contributed by atoms with van der Waals surface area (Å²) < 4.78 is 24.0. The van der Waals surface area contributed by atoms with E-state index in [0.29, 0.717) is 6.54 Å². The van der Waals surface area contributed by atoms with E-state index < -0.39 is 9.84 Å². The van der Waals surface area contributed by atoms with Crippen LogP contribution >= 0.6 is 11.3 Å². The molecule has 0 amide bonds. The summed E-state index contributed by atoms with van der Waals surface area (Å²) in [5.74, 6) is 0.280. The van der Waals surface area contributed by atoms with Crippen LogP contribution in [0, 0.1) is 6.92 Å². The molecule has 2 rings (SSSR count). The number of nitrogens with one attached hydrogen (secondary N) is 1. The molecule has 1 heterocycles. The predicted octanol–water partition coefficient (Wildman–Crippen LogP) is 2.50. The van der Waals surface area contributed by atoms with E-state index in [1.807, 2.05) is 0 Å². The topological polar surface area (TPSA) is 46.2 Å². The highest BCUT2D eigenvalue weighted by Crippen LogP contribution is 2.25. The quantitative estimate of drug-likeness (QED) is 0.818. The van der Waals surface area contributed by atoms with Crippen LogP contribution in [0.25, 0.3) is 0 Å². The lowest BCUT2D eigenvalue weighted by molar-refractivity contribution is 0.575. The zero-order chi connectivity index (χ0) is 13.0. The van der Waals surface area contributed by atoms with E-state index in [2.05, 4.69) is 23.7 Å². The average molecular weight is 287 g/mol. The lowest BCUT2D eigenvalue weighted by atomic mass is 10.3. The van der Waals surface area contributed by atoms with E-state index in [0.717, 1.165) is 32.2 Å². The Morgan fingerprint density at radius 3 is 2.72 bits per heavy atom. The fourth-order valence-corrected chi connectivity index (χ4v) is 5.11. The summed E-state index contributed by atoms with van der Waals surface area (Å²) >= 11 is 1.72. The normalized spacial score (nSPS) is 17.4. The monoisotopic (exact) mass is 287 g/mol. The van der Waals surface area contributed by atoms with Gasteiger partial charge in [-0.2, -0.15) is 0 Å². The van der Waals surface area contributed by atoms with Crippen molar-refractivity contribution in [1.29, 1.82) is 0 Å². The van der Waals surface area contributed by atoms with Crippen LogP contribution in [0.5, 0.6) is 0 Å². The molecule has 1 aromatic heterocycles. The number of rotatable bonds is 6. The highest BCUT2D eigenvalue weighted by Gasteiger charge is 2.27. The second kappa shape index (κ2) is 6.17. The summed E-state index contributed by atoms with van der Waals surface area (Å²) in [5, 5.41) is 5.24. The molecule has 1 aliphatic rings. The van der Waals surface area contributed by atoms with Crippen molar-refractivity contribution in [3.05, 3.63) is 21.9 Å². The first-order valence-corrected chi connectivity index (χ1v) is 9.14. The molecule has 0 unspecified atom stereocenters. The second-order valence-corrected chi connectivity index (χ2v) is 8.38. The number of aryl methyl sites for hydroxylation is 1. The molecule has 0 aromatic carbocycles. The zero-order valence-electron chi connectivity index (χ0n) is 10.8. The molecule has 102 valence electrons. The standard InChI is InChI=1S/C13H21NO2S2/c1-11-6-8-17-13(11)10-14-7-9-18(15,16)12-4-2-3-5-12/h6,8,12,14H,2-5,7,9-10H2,1H3. The molecule has 1 fully saturated rings. The molecule has 0 radical (unpaired) electrons. The number of sulfone groups is 1. The van der Waals surface area contributed by atoms with Gasteiger partial charge in [0, 0.05) is 18.0 Å². The van der Waals surface area contributed by atoms with Crippen LogP contribution in [0.1, 0.15) is 36.1 Å². The van der Waals surface area contributed by atoms with Crippen LogP contribution in [0.15, 0.2) is 11.4 Å². The molecule has 18 heavy (non-hydrogen) atoms. The Morgan fingerprint density at radius 2 is 2.11 bits per heavy atom. The molecule has 1 saturated carbocycles. The van der Waals surface area contributed by atoms with Crippen molar-refractivity contribution in [3.63, 3.8) is 0 Å². The molecule has 1 aliphatic carbocycles. The Kier molecular flexibility index (Phi) is 4.81. The zero-order valence-corrected chi connectivity index (χ0v) is 12.4. The fourth-order valence-electron chi connectivity index (χ4n) is 2.42. The highest BCUT2D eigenvalue weighted by atomic mass is 32.2. The molecule has 1 aromatic rings. The van der Waals surface area contributed by atoms with E-state index in [1.54, 1.807) is 11.3 Å². The Balaban J connectivity index is 1.73. The molecule has 0 atom stereocenters. The van der Waals surface area contributed by atoms with Crippen LogP contribution in [0.3, 0.4) is 0 Å². The summed E-state index contributed by atoms with van der Waals surface area (Å²) in [6.45, 7) is 3.43. The lowest BCUT2D eigenvalue weighted by Gasteiger charge is -2.11. The predicted molar refractivity (Wildman–Crippen MR) is 76.8 cm³/mol. The molecule has 0 saturated heterocycles. The first kappa shape index (κ1) is 14.0. The molecular formula is C13H21NO2S2. The van der Waals surface area contributed by atoms with E-state index in [9.17, 15) is 8.42 Å². The van der Waals surface area contributed by atoms with Gasteiger partial charge in [-0.15, -0.1) is 11.3 Å². The van der Waals surface area contributed by atoms with Crippen LogP contribution in [-0.4, -0.2) is 26.0 Å². The minimum atomic E-state index is -2.87. The number of hydrogen-bond donors (Lipinski definition) is 1.